The lowest BCUT2D eigenvalue weighted by Gasteiger charge is -2.43. The standard InChI is InChI=1S/C25H36O5/c1-6-25(4,5)24(28)30-21-12-15(2)11-17-8-7-16(3)20(23(17)21)10-9-19-13-18(26)14-22(27)29-19/h7-8,11,16,18-21,23,26H,2,6,9-10,12-14H2,1,3-5H3/t16-,18+,19+,20-,21-,23?/m0/s1. The Labute approximate surface area is 180 Å². The van der Waals surface area contributed by atoms with Gasteiger partial charge in [-0.3, -0.25) is 9.59 Å². The molecule has 5 nitrogen and oxygen atoms in total. The third kappa shape index (κ3) is 5.05. The number of hydrogen-bond acceptors (Lipinski definition) is 5. The van der Waals surface area contributed by atoms with Gasteiger partial charge in [-0.05, 0) is 50.5 Å². The zero-order valence-corrected chi connectivity index (χ0v) is 18.7. The first kappa shape index (κ1) is 22.8. The Hall–Kier alpha value is -1.88. The molecule has 0 amide bonds. The molecular formula is C25H36O5. The van der Waals surface area contributed by atoms with Crippen molar-refractivity contribution in [3.63, 3.8) is 0 Å². The number of esters is 2. The van der Waals surface area contributed by atoms with E-state index < -0.39 is 11.5 Å². The van der Waals surface area contributed by atoms with Crippen LogP contribution >= 0.6 is 0 Å². The van der Waals surface area contributed by atoms with Crippen LogP contribution in [0.2, 0.25) is 0 Å². The summed E-state index contributed by atoms with van der Waals surface area (Å²) < 4.78 is 11.5. The minimum atomic E-state index is -0.613. The quantitative estimate of drug-likeness (QED) is 0.645. The zero-order valence-electron chi connectivity index (χ0n) is 18.7. The second-order valence-electron chi connectivity index (χ2n) is 9.88. The molecule has 0 aromatic rings. The van der Waals surface area contributed by atoms with E-state index in [0.29, 0.717) is 25.2 Å². The molecule has 166 valence electrons. The monoisotopic (exact) mass is 416 g/mol. The fraction of sp³-hybridized carbons (Fsp3) is 0.680. The summed E-state index contributed by atoms with van der Waals surface area (Å²) in [6, 6.07) is 0. The summed E-state index contributed by atoms with van der Waals surface area (Å²) in [7, 11) is 0. The smallest absolute Gasteiger partial charge is 0.311 e. The van der Waals surface area contributed by atoms with Crippen LogP contribution in [0, 0.1) is 23.2 Å². The van der Waals surface area contributed by atoms with E-state index in [1.54, 1.807) is 0 Å². The van der Waals surface area contributed by atoms with E-state index in [9.17, 15) is 14.7 Å². The van der Waals surface area contributed by atoms with Crippen LogP contribution in [0.25, 0.3) is 0 Å². The average Bonchev–Trinajstić information content (AvgIpc) is 2.66. The molecule has 1 aliphatic heterocycles. The highest BCUT2D eigenvalue weighted by Crippen LogP contribution is 2.45. The SMILES string of the molecule is C=C1C=C2C=C[C@H](C)[C@H](CC[C@@H]3C[C@@H](O)CC(=O)O3)C2[C@@H](OC(=O)C(C)(C)CC)C1. The van der Waals surface area contributed by atoms with Gasteiger partial charge in [0.15, 0.2) is 0 Å². The minimum Gasteiger partial charge on any atom is -0.462 e. The normalized spacial score (nSPS) is 34.1. The van der Waals surface area contributed by atoms with Gasteiger partial charge in [0.2, 0.25) is 0 Å². The summed E-state index contributed by atoms with van der Waals surface area (Å²) in [4.78, 5) is 24.5. The molecule has 2 aliphatic carbocycles. The molecule has 1 N–H and O–H groups in total. The van der Waals surface area contributed by atoms with E-state index in [-0.39, 0.29) is 42.4 Å². The second kappa shape index (κ2) is 9.09. The van der Waals surface area contributed by atoms with E-state index in [2.05, 4.69) is 31.7 Å². The molecule has 3 rings (SSSR count). The van der Waals surface area contributed by atoms with Gasteiger partial charge in [-0.15, -0.1) is 0 Å². The maximum absolute atomic E-state index is 12.8. The summed E-state index contributed by atoms with van der Waals surface area (Å²) in [6.45, 7) is 12.2. The van der Waals surface area contributed by atoms with E-state index in [4.69, 9.17) is 9.47 Å². The number of aliphatic hydroxyl groups excluding tert-OH is 1. The molecule has 0 spiro atoms. The molecule has 1 unspecified atom stereocenters. The molecule has 0 bridgehead atoms. The maximum Gasteiger partial charge on any atom is 0.311 e. The number of cyclic esters (lactones) is 1. The summed E-state index contributed by atoms with van der Waals surface area (Å²) in [6.07, 6.45) is 8.89. The van der Waals surface area contributed by atoms with Crippen molar-refractivity contribution in [2.75, 3.05) is 0 Å². The van der Waals surface area contributed by atoms with Gasteiger partial charge in [-0.25, -0.2) is 0 Å². The first-order chi connectivity index (χ1) is 14.1. The molecule has 5 heteroatoms. The van der Waals surface area contributed by atoms with Gasteiger partial charge in [0.05, 0.1) is 17.9 Å². The molecule has 6 atom stereocenters. The summed E-state index contributed by atoms with van der Waals surface area (Å²) >= 11 is 0. The van der Waals surface area contributed by atoms with Crippen molar-refractivity contribution >= 4 is 11.9 Å². The second-order valence-corrected chi connectivity index (χ2v) is 9.88. The van der Waals surface area contributed by atoms with E-state index in [1.165, 1.54) is 5.57 Å². The number of allylic oxidation sites excluding steroid dienone is 3. The first-order valence-corrected chi connectivity index (χ1v) is 11.3. The Morgan fingerprint density at radius 2 is 2.07 bits per heavy atom. The van der Waals surface area contributed by atoms with Gasteiger partial charge < -0.3 is 14.6 Å². The number of hydrogen-bond donors (Lipinski definition) is 1. The Morgan fingerprint density at radius 1 is 1.33 bits per heavy atom. The van der Waals surface area contributed by atoms with Crippen molar-refractivity contribution in [3.05, 3.63) is 36.0 Å². The van der Waals surface area contributed by atoms with Crippen LogP contribution in [-0.4, -0.2) is 35.4 Å². The first-order valence-electron chi connectivity index (χ1n) is 11.3. The van der Waals surface area contributed by atoms with Gasteiger partial charge >= 0.3 is 11.9 Å². The molecule has 30 heavy (non-hydrogen) atoms. The lowest BCUT2D eigenvalue weighted by molar-refractivity contribution is -0.165. The molecule has 0 saturated carbocycles. The van der Waals surface area contributed by atoms with Crippen LogP contribution in [0.3, 0.4) is 0 Å². The molecule has 0 radical (unpaired) electrons. The highest BCUT2D eigenvalue weighted by Gasteiger charge is 2.42. The number of carbonyl (C=O) groups excluding carboxylic acids is 2. The number of aliphatic hydroxyl groups is 1. The fourth-order valence-corrected chi connectivity index (χ4v) is 4.82. The van der Waals surface area contributed by atoms with Gasteiger partial charge in [0.25, 0.3) is 0 Å². The number of fused-ring (bicyclic) bond motifs is 1. The molecule has 1 heterocycles. The highest BCUT2D eigenvalue weighted by molar-refractivity contribution is 5.76. The van der Waals surface area contributed by atoms with Crippen molar-refractivity contribution in [3.8, 4) is 0 Å². The van der Waals surface area contributed by atoms with Gasteiger partial charge in [0, 0.05) is 18.8 Å². The van der Waals surface area contributed by atoms with E-state index in [1.807, 2.05) is 20.8 Å². The zero-order chi connectivity index (χ0) is 22.1. The van der Waals surface area contributed by atoms with Gasteiger partial charge in [-0.2, -0.15) is 0 Å². The Balaban J connectivity index is 1.77. The molecule has 0 aromatic carbocycles. The van der Waals surface area contributed by atoms with Crippen LogP contribution in [0.4, 0.5) is 0 Å². The predicted molar refractivity (Wildman–Crippen MR) is 115 cm³/mol. The van der Waals surface area contributed by atoms with Crippen molar-refractivity contribution in [1.82, 2.24) is 0 Å². The summed E-state index contributed by atoms with van der Waals surface area (Å²) in [5, 5.41) is 9.91. The average molecular weight is 417 g/mol. The van der Waals surface area contributed by atoms with E-state index in [0.717, 1.165) is 18.4 Å². The topological polar surface area (TPSA) is 72.8 Å². The van der Waals surface area contributed by atoms with Crippen LogP contribution < -0.4 is 0 Å². The third-order valence-corrected chi connectivity index (χ3v) is 7.10. The third-order valence-electron chi connectivity index (χ3n) is 7.10. The van der Waals surface area contributed by atoms with Crippen molar-refractivity contribution in [2.45, 2.75) is 84.5 Å². The van der Waals surface area contributed by atoms with Crippen molar-refractivity contribution < 1.29 is 24.2 Å². The van der Waals surface area contributed by atoms with Crippen LogP contribution in [0.1, 0.15) is 66.2 Å². The van der Waals surface area contributed by atoms with E-state index >= 15 is 0 Å². The number of rotatable bonds is 6. The largest absolute Gasteiger partial charge is 0.462 e. The Morgan fingerprint density at radius 3 is 2.73 bits per heavy atom. The van der Waals surface area contributed by atoms with Crippen LogP contribution in [-0.2, 0) is 19.1 Å². The molecule has 1 fully saturated rings. The Kier molecular flexibility index (Phi) is 6.91. The van der Waals surface area contributed by atoms with Crippen molar-refractivity contribution in [1.29, 1.82) is 0 Å². The van der Waals surface area contributed by atoms with Crippen LogP contribution in [0.5, 0.6) is 0 Å². The Bertz CT molecular complexity index is 747. The van der Waals surface area contributed by atoms with Gasteiger partial charge in [-0.1, -0.05) is 44.2 Å². The fourth-order valence-electron chi connectivity index (χ4n) is 4.82. The van der Waals surface area contributed by atoms with Gasteiger partial charge in [0.1, 0.15) is 12.2 Å². The van der Waals surface area contributed by atoms with Crippen LogP contribution in [0.15, 0.2) is 36.0 Å². The lowest BCUT2D eigenvalue weighted by atomic mass is 9.66. The molecule has 0 aromatic heterocycles. The molecule has 3 aliphatic rings. The number of carbonyl (C=O) groups is 2. The summed E-state index contributed by atoms with van der Waals surface area (Å²) in [5.74, 6) is 0.224. The molecular weight excluding hydrogens is 380 g/mol. The van der Waals surface area contributed by atoms with Crippen molar-refractivity contribution in [2.24, 2.45) is 23.2 Å². The minimum absolute atomic E-state index is 0.0852. The lowest BCUT2D eigenvalue weighted by Crippen LogP contribution is -2.42. The highest BCUT2D eigenvalue weighted by atomic mass is 16.6. The number of ether oxygens (including phenoxy) is 2. The maximum atomic E-state index is 12.8. The molecule has 1 saturated heterocycles. The summed E-state index contributed by atoms with van der Waals surface area (Å²) in [5.41, 5.74) is 1.64. The predicted octanol–water partition coefficient (Wildman–Crippen LogP) is 4.51.